The summed E-state index contributed by atoms with van der Waals surface area (Å²) in [6, 6.07) is 6.97. The van der Waals surface area contributed by atoms with Gasteiger partial charge in [-0.3, -0.25) is 10.1 Å². The quantitative estimate of drug-likeness (QED) is 0.507. The SMILES string of the molecule is Nc1cccc(Nc2cc(F)ccc2F)c1[N+](=O)[O-]. The van der Waals surface area contributed by atoms with Gasteiger partial charge < -0.3 is 11.1 Å². The molecule has 0 heterocycles. The Morgan fingerprint density at radius 1 is 1.16 bits per heavy atom. The van der Waals surface area contributed by atoms with E-state index in [1.807, 2.05) is 0 Å². The minimum absolute atomic E-state index is 0.00509. The van der Waals surface area contributed by atoms with Crippen molar-refractivity contribution in [1.29, 1.82) is 0 Å². The van der Waals surface area contributed by atoms with Crippen LogP contribution >= 0.6 is 0 Å². The molecule has 7 heteroatoms. The first kappa shape index (κ1) is 12.7. The largest absolute Gasteiger partial charge is 0.393 e. The number of rotatable bonds is 3. The molecule has 0 saturated heterocycles. The summed E-state index contributed by atoms with van der Waals surface area (Å²) in [4.78, 5) is 10.2. The first-order chi connectivity index (χ1) is 8.99. The lowest BCUT2D eigenvalue weighted by molar-refractivity contribution is -0.383. The highest BCUT2D eigenvalue weighted by molar-refractivity contribution is 5.78. The number of nitrogens with two attached hydrogens (primary N) is 1. The molecule has 0 radical (unpaired) electrons. The predicted octanol–water partition coefficient (Wildman–Crippen LogP) is 3.20. The number of nitrogen functional groups attached to an aromatic ring is 1. The summed E-state index contributed by atoms with van der Waals surface area (Å²) >= 11 is 0. The Balaban J connectivity index is 2.46. The summed E-state index contributed by atoms with van der Waals surface area (Å²) in [5.74, 6) is -1.38. The van der Waals surface area contributed by atoms with E-state index < -0.39 is 16.6 Å². The highest BCUT2D eigenvalue weighted by Gasteiger charge is 2.18. The van der Waals surface area contributed by atoms with E-state index in [0.717, 1.165) is 18.2 Å². The number of hydrogen-bond donors (Lipinski definition) is 2. The van der Waals surface area contributed by atoms with Gasteiger partial charge in [-0.05, 0) is 24.3 Å². The van der Waals surface area contributed by atoms with Crippen LogP contribution in [-0.2, 0) is 0 Å². The van der Waals surface area contributed by atoms with Gasteiger partial charge in [-0.1, -0.05) is 6.07 Å². The molecule has 0 saturated carbocycles. The third kappa shape index (κ3) is 2.59. The van der Waals surface area contributed by atoms with E-state index in [0.29, 0.717) is 0 Å². The van der Waals surface area contributed by atoms with Crippen molar-refractivity contribution in [2.24, 2.45) is 0 Å². The molecule has 0 amide bonds. The Hall–Kier alpha value is -2.70. The molecule has 19 heavy (non-hydrogen) atoms. The maximum atomic E-state index is 13.5. The van der Waals surface area contributed by atoms with Crippen molar-refractivity contribution in [3.63, 3.8) is 0 Å². The van der Waals surface area contributed by atoms with Crippen LogP contribution in [0.15, 0.2) is 36.4 Å². The number of anilines is 3. The lowest BCUT2D eigenvalue weighted by Crippen LogP contribution is -2.02. The van der Waals surface area contributed by atoms with Crippen molar-refractivity contribution >= 4 is 22.7 Å². The van der Waals surface area contributed by atoms with E-state index in [4.69, 9.17) is 5.73 Å². The van der Waals surface area contributed by atoms with Gasteiger partial charge in [-0.25, -0.2) is 8.78 Å². The van der Waals surface area contributed by atoms with Gasteiger partial charge in [0.1, 0.15) is 23.0 Å². The molecule has 0 aliphatic heterocycles. The lowest BCUT2D eigenvalue weighted by Gasteiger charge is -2.09. The molecule has 0 aliphatic carbocycles. The van der Waals surface area contributed by atoms with Crippen LogP contribution in [0.25, 0.3) is 0 Å². The van der Waals surface area contributed by atoms with Crippen LogP contribution in [-0.4, -0.2) is 4.92 Å². The predicted molar refractivity (Wildman–Crippen MR) is 67.1 cm³/mol. The zero-order chi connectivity index (χ0) is 14.0. The fourth-order valence-corrected chi connectivity index (χ4v) is 1.60. The molecule has 2 aromatic carbocycles. The van der Waals surface area contributed by atoms with Gasteiger partial charge in [0.25, 0.3) is 0 Å². The van der Waals surface area contributed by atoms with Crippen molar-refractivity contribution in [2.75, 3.05) is 11.1 Å². The number of para-hydroxylation sites is 1. The van der Waals surface area contributed by atoms with Crippen LogP contribution in [0.2, 0.25) is 0 Å². The van der Waals surface area contributed by atoms with Crippen molar-refractivity contribution in [3.8, 4) is 0 Å². The fourth-order valence-electron chi connectivity index (χ4n) is 1.60. The first-order valence-electron chi connectivity index (χ1n) is 5.24. The van der Waals surface area contributed by atoms with Crippen molar-refractivity contribution in [2.45, 2.75) is 0 Å². The minimum atomic E-state index is -0.724. The van der Waals surface area contributed by atoms with Gasteiger partial charge in [-0.2, -0.15) is 0 Å². The van der Waals surface area contributed by atoms with Gasteiger partial charge in [-0.15, -0.1) is 0 Å². The first-order valence-corrected chi connectivity index (χ1v) is 5.24. The van der Waals surface area contributed by atoms with Crippen LogP contribution in [0.5, 0.6) is 0 Å². The molecule has 0 unspecified atom stereocenters. The average Bonchev–Trinajstić information content (AvgIpc) is 2.33. The number of nitrogens with zero attached hydrogens (tertiary/aromatic N) is 1. The number of hydrogen-bond acceptors (Lipinski definition) is 4. The lowest BCUT2D eigenvalue weighted by atomic mass is 10.2. The zero-order valence-electron chi connectivity index (χ0n) is 9.56. The monoisotopic (exact) mass is 265 g/mol. The molecule has 0 spiro atoms. The van der Waals surface area contributed by atoms with Crippen LogP contribution in [0.3, 0.4) is 0 Å². The highest BCUT2D eigenvalue weighted by atomic mass is 19.1. The Morgan fingerprint density at radius 3 is 2.58 bits per heavy atom. The third-order valence-corrected chi connectivity index (χ3v) is 2.45. The number of benzene rings is 2. The summed E-state index contributed by atoms with van der Waals surface area (Å²) in [6.45, 7) is 0. The molecule has 5 nitrogen and oxygen atoms in total. The second-order valence-electron chi connectivity index (χ2n) is 3.75. The molecule has 0 fully saturated rings. The number of halogens is 2. The molecular weight excluding hydrogens is 256 g/mol. The zero-order valence-corrected chi connectivity index (χ0v) is 9.56. The summed E-state index contributed by atoms with van der Waals surface area (Å²) in [5, 5.41) is 13.4. The van der Waals surface area contributed by atoms with Gasteiger partial charge in [0.2, 0.25) is 0 Å². The third-order valence-electron chi connectivity index (χ3n) is 2.45. The molecule has 0 aromatic heterocycles. The molecule has 0 bridgehead atoms. The van der Waals surface area contributed by atoms with E-state index >= 15 is 0 Å². The number of nitro groups is 1. The molecule has 2 aromatic rings. The number of nitrogens with one attached hydrogen (secondary N) is 1. The fraction of sp³-hybridized carbons (Fsp3) is 0. The second-order valence-corrected chi connectivity index (χ2v) is 3.75. The minimum Gasteiger partial charge on any atom is -0.393 e. The topological polar surface area (TPSA) is 81.2 Å². The molecular formula is C12H9F2N3O2. The number of nitro benzene ring substituents is 1. The molecule has 0 atom stereocenters. The molecule has 3 N–H and O–H groups in total. The summed E-state index contributed by atoms with van der Waals surface area (Å²) in [7, 11) is 0. The van der Waals surface area contributed by atoms with E-state index in [-0.39, 0.29) is 22.7 Å². The van der Waals surface area contributed by atoms with Crippen LogP contribution in [0, 0.1) is 21.7 Å². The maximum Gasteiger partial charge on any atom is 0.315 e. The summed E-state index contributed by atoms with van der Waals surface area (Å²) in [5.41, 5.74) is 4.84. The van der Waals surface area contributed by atoms with Gasteiger partial charge in [0.15, 0.2) is 0 Å². The Bertz CT molecular complexity index is 647. The standard InChI is InChI=1S/C12H9F2N3O2/c13-7-4-5-8(14)11(6-7)16-10-3-1-2-9(15)12(10)17(18)19/h1-6,16H,15H2. The van der Waals surface area contributed by atoms with E-state index in [9.17, 15) is 18.9 Å². The molecule has 98 valence electrons. The van der Waals surface area contributed by atoms with Gasteiger partial charge in [0.05, 0.1) is 10.6 Å². The Labute approximate surface area is 106 Å². The molecule has 0 aliphatic rings. The van der Waals surface area contributed by atoms with Crippen LogP contribution < -0.4 is 11.1 Å². The smallest absolute Gasteiger partial charge is 0.315 e. The Morgan fingerprint density at radius 2 is 1.89 bits per heavy atom. The van der Waals surface area contributed by atoms with Crippen molar-refractivity contribution < 1.29 is 13.7 Å². The maximum absolute atomic E-state index is 13.5. The van der Waals surface area contributed by atoms with Crippen LogP contribution in [0.1, 0.15) is 0 Å². The van der Waals surface area contributed by atoms with E-state index in [1.54, 1.807) is 0 Å². The van der Waals surface area contributed by atoms with Crippen molar-refractivity contribution in [1.82, 2.24) is 0 Å². The second kappa shape index (κ2) is 4.89. The van der Waals surface area contributed by atoms with Gasteiger partial charge in [0, 0.05) is 6.07 Å². The average molecular weight is 265 g/mol. The van der Waals surface area contributed by atoms with Crippen LogP contribution in [0.4, 0.5) is 31.5 Å². The summed E-state index contributed by atoms with van der Waals surface area (Å²) < 4.78 is 26.5. The van der Waals surface area contributed by atoms with E-state index in [1.165, 1.54) is 18.2 Å². The molecule has 2 rings (SSSR count). The Kier molecular flexibility index (Phi) is 3.28. The van der Waals surface area contributed by atoms with E-state index in [2.05, 4.69) is 5.32 Å². The van der Waals surface area contributed by atoms with Crippen molar-refractivity contribution in [3.05, 3.63) is 58.1 Å². The highest BCUT2D eigenvalue weighted by Crippen LogP contribution is 2.33. The normalized spacial score (nSPS) is 10.2. The van der Waals surface area contributed by atoms with Gasteiger partial charge >= 0.3 is 5.69 Å². The summed E-state index contributed by atoms with van der Waals surface area (Å²) in [6.07, 6.45) is 0.